The second-order valence-corrected chi connectivity index (χ2v) is 4.53. The molecule has 1 aliphatic heterocycles. The van der Waals surface area contributed by atoms with Crippen molar-refractivity contribution >= 4 is 27.6 Å². The molecule has 2 N–H and O–H groups in total. The van der Waals surface area contributed by atoms with Crippen molar-refractivity contribution in [3.63, 3.8) is 0 Å². The second kappa shape index (κ2) is 4.83. The largest absolute Gasteiger partial charge is 0.486 e. The van der Waals surface area contributed by atoms with Crippen LogP contribution in [0.4, 0.5) is 5.69 Å². The Morgan fingerprint density at radius 2 is 2.00 bits per heavy atom. The molecule has 0 aliphatic carbocycles. The molecule has 1 atom stereocenters. The quantitative estimate of drug-likeness (QED) is 0.895. The Morgan fingerprint density at radius 3 is 2.59 bits per heavy atom. The molecule has 1 aromatic rings. The number of ether oxygens (including phenoxy) is 2. The minimum absolute atomic E-state index is 0.503. The van der Waals surface area contributed by atoms with Crippen LogP contribution < -0.4 is 14.8 Å². The summed E-state index contributed by atoms with van der Waals surface area (Å²) in [7, 11) is 0. The van der Waals surface area contributed by atoms with E-state index in [1.807, 2.05) is 0 Å². The van der Waals surface area contributed by atoms with E-state index in [1.54, 1.807) is 19.1 Å². The number of halogens is 1. The van der Waals surface area contributed by atoms with Crippen LogP contribution in [0.5, 0.6) is 11.5 Å². The SMILES string of the molecule is CC(Nc1cc2c(cc1Br)OCCO2)C(=O)O. The minimum Gasteiger partial charge on any atom is -0.486 e. The molecule has 0 fully saturated rings. The smallest absolute Gasteiger partial charge is 0.325 e. The molecule has 1 aromatic carbocycles. The van der Waals surface area contributed by atoms with Crippen LogP contribution in [-0.2, 0) is 4.79 Å². The lowest BCUT2D eigenvalue weighted by Crippen LogP contribution is -2.25. The van der Waals surface area contributed by atoms with Gasteiger partial charge in [-0.05, 0) is 22.9 Å². The van der Waals surface area contributed by atoms with E-state index in [4.69, 9.17) is 14.6 Å². The number of rotatable bonds is 3. The van der Waals surface area contributed by atoms with Crippen molar-refractivity contribution < 1.29 is 19.4 Å². The Kier molecular flexibility index (Phi) is 3.42. The third-order valence-electron chi connectivity index (χ3n) is 2.37. The zero-order chi connectivity index (χ0) is 12.4. The number of carboxylic acids is 1. The lowest BCUT2D eigenvalue weighted by molar-refractivity contribution is -0.137. The number of carboxylic acid groups (broad SMARTS) is 1. The first-order valence-corrected chi connectivity index (χ1v) is 5.95. The van der Waals surface area contributed by atoms with E-state index in [0.29, 0.717) is 30.4 Å². The van der Waals surface area contributed by atoms with Gasteiger partial charge in [0.1, 0.15) is 19.3 Å². The number of hydrogen-bond donors (Lipinski definition) is 2. The predicted molar refractivity (Wildman–Crippen MR) is 65.9 cm³/mol. The summed E-state index contributed by atoms with van der Waals surface area (Å²) < 4.78 is 11.6. The van der Waals surface area contributed by atoms with Crippen LogP contribution in [0.1, 0.15) is 6.92 Å². The maximum atomic E-state index is 10.8. The monoisotopic (exact) mass is 301 g/mol. The number of nitrogens with one attached hydrogen (secondary N) is 1. The first-order chi connectivity index (χ1) is 8.08. The van der Waals surface area contributed by atoms with Crippen molar-refractivity contribution in [3.05, 3.63) is 16.6 Å². The van der Waals surface area contributed by atoms with Gasteiger partial charge in [-0.1, -0.05) is 0 Å². The van der Waals surface area contributed by atoms with Gasteiger partial charge in [0.2, 0.25) is 0 Å². The van der Waals surface area contributed by atoms with Gasteiger partial charge in [0.25, 0.3) is 0 Å². The Morgan fingerprint density at radius 1 is 1.41 bits per heavy atom. The van der Waals surface area contributed by atoms with Crippen LogP contribution in [0, 0.1) is 0 Å². The second-order valence-electron chi connectivity index (χ2n) is 3.68. The van der Waals surface area contributed by atoms with Gasteiger partial charge in [-0.15, -0.1) is 0 Å². The molecule has 1 unspecified atom stereocenters. The highest BCUT2D eigenvalue weighted by molar-refractivity contribution is 9.10. The summed E-state index contributed by atoms with van der Waals surface area (Å²) in [6, 6.07) is 2.83. The molecule has 5 nitrogen and oxygen atoms in total. The Bertz CT molecular complexity index is 449. The fourth-order valence-corrected chi connectivity index (χ4v) is 1.91. The molecule has 0 aromatic heterocycles. The fourth-order valence-electron chi connectivity index (χ4n) is 1.47. The van der Waals surface area contributed by atoms with Crippen LogP contribution in [-0.4, -0.2) is 30.3 Å². The third kappa shape index (κ3) is 2.63. The van der Waals surface area contributed by atoms with Crippen LogP contribution in [0.3, 0.4) is 0 Å². The molecular formula is C11H12BrNO4. The van der Waals surface area contributed by atoms with E-state index in [2.05, 4.69) is 21.2 Å². The number of benzene rings is 1. The Hall–Kier alpha value is -1.43. The van der Waals surface area contributed by atoms with Gasteiger partial charge in [0, 0.05) is 16.6 Å². The van der Waals surface area contributed by atoms with Gasteiger partial charge < -0.3 is 19.9 Å². The van der Waals surface area contributed by atoms with E-state index in [0.717, 1.165) is 4.47 Å². The first-order valence-electron chi connectivity index (χ1n) is 5.16. The highest BCUT2D eigenvalue weighted by Crippen LogP contribution is 2.38. The third-order valence-corrected chi connectivity index (χ3v) is 3.03. The molecule has 6 heteroatoms. The molecule has 0 saturated heterocycles. The van der Waals surface area contributed by atoms with Gasteiger partial charge in [0.05, 0.1) is 5.69 Å². The summed E-state index contributed by atoms with van der Waals surface area (Å²) >= 11 is 3.36. The predicted octanol–water partition coefficient (Wildman–Crippen LogP) is 2.11. The summed E-state index contributed by atoms with van der Waals surface area (Å²) in [6.45, 7) is 2.60. The molecule has 0 amide bonds. The molecule has 1 heterocycles. The van der Waals surface area contributed by atoms with Gasteiger partial charge in [-0.3, -0.25) is 4.79 Å². The van der Waals surface area contributed by atoms with Crippen LogP contribution in [0.2, 0.25) is 0 Å². The average Bonchev–Trinajstić information content (AvgIpc) is 2.29. The van der Waals surface area contributed by atoms with Crippen molar-refractivity contribution in [3.8, 4) is 11.5 Å². The minimum atomic E-state index is -0.910. The lowest BCUT2D eigenvalue weighted by atomic mass is 10.2. The molecule has 0 spiro atoms. The van der Waals surface area contributed by atoms with Crippen molar-refractivity contribution in [1.29, 1.82) is 0 Å². The summed E-state index contributed by atoms with van der Waals surface area (Å²) in [5.74, 6) is 0.378. The van der Waals surface area contributed by atoms with Crippen molar-refractivity contribution in [2.75, 3.05) is 18.5 Å². The van der Waals surface area contributed by atoms with E-state index in [1.165, 1.54) is 0 Å². The lowest BCUT2D eigenvalue weighted by Gasteiger charge is -2.21. The summed E-state index contributed by atoms with van der Waals surface area (Å²) in [5, 5.41) is 11.7. The number of carbonyl (C=O) groups is 1. The fraction of sp³-hybridized carbons (Fsp3) is 0.364. The van der Waals surface area contributed by atoms with E-state index in [9.17, 15) is 4.79 Å². The summed E-state index contributed by atoms with van der Waals surface area (Å²) in [4.78, 5) is 10.8. The highest BCUT2D eigenvalue weighted by atomic mass is 79.9. The van der Waals surface area contributed by atoms with Crippen LogP contribution in [0.25, 0.3) is 0 Å². The van der Waals surface area contributed by atoms with E-state index >= 15 is 0 Å². The number of fused-ring (bicyclic) bond motifs is 1. The average molecular weight is 302 g/mol. The standard InChI is InChI=1S/C11H12BrNO4/c1-6(11(14)15)13-8-5-10-9(4-7(8)12)16-2-3-17-10/h4-6,13H,2-3H2,1H3,(H,14,15). The van der Waals surface area contributed by atoms with Crippen molar-refractivity contribution in [1.82, 2.24) is 0 Å². The molecule has 0 bridgehead atoms. The van der Waals surface area contributed by atoms with Crippen molar-refractivity contribution in [2.45, 2.75) is 13.0 Å². The van der Waals surface area contributed by atoms with Gasteiger partial charge >= 0.3 is 5.97 Å². The number of hydrogen-bond acceptors (Lipinski definition) is 4. The molecular weight excluding hydrogens is 290 g/mol. The summed E-state index contributed by atoms with van der Waals surface area (Å²) in [5.41, 5.74) is 0.671. The maximum absolute atomic E-state index is 10.8. The zero-order valence-electron chi connectivity index (χ0n) is 9.20. The van der Waals surface area contributed by atoms with Gasteiger partial charge in [-0.25, -0.2) is 0 Å². The Balaban J connectivity index is 2.25. The zero-order valence-corrected chi connectivity index (χ0v) is 10.8. The molecule has 0 radical (unpaired) electrons. The molecule has 92 valence electrons. The molecule has 2 rings (SSSR count). The Labute approximate surface area is 107 Å². The maximum Gasteiger partial charge on any atom is 0.325 e. The number of aliphatic carboxylic acids is 1. The molecule has 1 aliphatic rings. The van der Waals surface area contributed by atoms with E-state index in [-0.39, 0.29) is 0 Å². The highest BCUT2D eigenvalue weighted by Gasteiger charge is 2.17. The van der Waals surface area contributed by atoms with Crippen molar-refractivity contribution in [2.24, 2.45) is 0 Å². The molecule has 0 saturated carbocycles. The topological polar surface area (TPSA) is 67.8 Å². The van der Waals surface area contributed by atoms with Gasteiger partial charge in [-0.2, -0.15) is 0 Å². The van der Waals surface area contributed by atoms with Crippen LogP contribution >= 0.6 is 15.9 Å². The number of anilines is 1. The first kappa shape index (κ1) is 12.0. The summed E-state index contributed by atoms with van der Waals surface area (Å²) in [6.07, 6.45) is 0. The molecule has 17 heavy (non-hydrogen) atoms. The van der Waals surface area contributed by atoms with Crippen LogP contribution in [0.15, 0.2) is 16.6 Å². The normalized spacial score (nSPS) is 15.2. The van der Waals surface area contributed by atoms with E-state index < -0.39 is 12.0 Å². The van der Waals surface area contributed by atoms with Gasteiger partial charge in [0.15, 0.2) is 11.5 Å².